The van der Waals surface area contributed by atoms with Gasteiger partial charge in [-0.3, -0.25) is 19.2 Å². The molecule has 0 aromatic heterocycles. The normalized spacial score (nSPS) is 41.0. The highest BCUT2D eigenvalue weighted by atomic mass is 16.6. The van der Waals surface area contributed by atoms with Gasteiger partial charge >= 0.3 is 5.97 Å². The molecule has 0 spiro atoms. The molecule has 342 valence electrons. The Morgan fingerprint density at radius 1 is 0.787 bits per heavy atom. The van der Waals surface area contributed by atoms with E-state index in [0.29, 0.717) is 68.9 Å². The molecule has 13 nitrogen and oxygen atoms in total. The highest BCUT2D eigenvalue weighted by Crippen LogP contribution is 2.37. The first-order valence-corrected chi connectivity index (χ1v) is 22.6. The molecule has 14 atom stereocenters. The molecule has 2 saturated heterocycles. The summed E-state index contributed by atoms with van der Waals surface area (Å²) in [5.41, 5.74) is 1.10. The van der Waals surface area contributed by atoms with Crippen LogP contribution < -0.4 is 0 Å². The number of nitrogens with zero attached hydrogens (tertiary/aromatic N) is 1. The number of piperidine rings is 1. The van der Waals surface area contributed by atoms with Gasteiger partial charge in [0.2, 0.25) is 5.79 Å². The quantitative estimate of drug-likeness (QED) is 0.140. The third kappa shape index (κ3) is 13.8. The van der Waals surface area contributed by atoms with Crippen molar-refractivity contribution in [2.75, 3.05) is 6.54 Å². The number of hydrogen-bond acceptors (Lipinski definition) is 12. The molecule has 1 amide bonds. The zero-order valence-electron chi connectivity index (χ0n) is 37.4. The van der Waals surface area contributed by atoms with Crippen LogP contribution in [0.2, 0.25) is 0 Å². The largest absolute Gasteiger partial charge is 0.460 e. The SMILES string of the molecule is C/C1=C\[C@@H](C)C(=O)C[C@@H]([C@H](C)C[C@@H]2CC[C@@H](O)[C@H](O)C2)OC(=O)C2CCCCN2C(=O)C(=O)[C@]2(O)O[C@@H](CC[C@H]2C)C[C@H](O)/C(C)=C/C=C/C=C/[C@@H](C)C[C@@H](C)C(=O)C[C@@H]1O. The molecule has 3 heterocycles. The molecule has 61 heavy (non-hydrogen) atoms. The first-order chi connectivity index (χ1) is 28.7. The Balaban J connectivity index is 1.65. The number of carbonyl (C=O) groups excluding carboxylic acids is 5. The predicted molar refractivity (Wildman–Crippen MR) is 229 cm³/mol. The highest BCUT2D eigenvalue weighted by molar-refractivity contribution is 6.39. The van der Waals surface area contributed by atoms with Crippen LogP contribution in [0.15, 0.2) is 47.6 Å². The van der Waals surface area contributed by atoms with E-state index in [-0.39, 0.29) is 67.5 Å². The molecule has 0 radical (unpaired) electrons. The van der Waals surface area contributed by atoms with Gasteiger partial charge in [-0.15, -0.1) is 0 Å². The third-order valence-electron chi connectivity index (χ3n) is 13.6. The molecule has 3 fully saturated rings. The van der Waals surface area contributed by atoms with Crippen molar-refractivity contribution in [3.8, 4) is 0 Å². The summed E-state index contributed by atoms with van der Waals surface area (Å²) in [6.07, 6.45) is 9.72. The molecule has 5 N–H and O–H groups in total. The molecule has 0 aromatic rings. The molecule has 13 heteroatoms. The van der Waals surface area contributed by atoms with Gasteiger partial charge < -0.3 is 39.9 Å². The maximum absolute atomic E-state index is 14.2. The minimum absolute atomic E-state index is 0.00391. The number of esters is 1. The molecular weight excluding hydrogens is 783 g/mol. The van der Waals surface area contributed by atoms with E-state index in [4.69, 9.17) is 9.47 Å². The Morgan fingerprint density at radius 3 is 2.21 bits per heavy atom. The Labute approximate surface area is 362 Å². The number of allylic oxidation sites excluding steroid dienone is 6. The number of ketones is 3. The van der Waals surface area contributed by atoms with Gasteiger partial charge in [0.25, 0.3) is 11.7 Å². The van der Waals surface area contributed by atoms with Gasteiger partial charge in [0.05, 0.1) is 30.5 Å². The number of cyclic esters (lactones) is 1. The fourth-order valence-corrected chi connectivity index (χ4v) is 9.28. The zero-order chi connectivity index (χ0) is 45.2. The van der Waals surface area contributed by atoms with E-state index >= 15 is 0 Å². The average Bonchev–Trinajstić information content (AvgIpc) is 3.21. The van der Waals surface area contributed by atoms with E-state index in [1.54, 1.807) is 45.9 Å². The fraction of sp³-hybridized carbons (Fsp3) is 0.729. The summed E-state index contributed by atoms with van der Waals surface area (Å²) in [5.74, 6) is -7.98. The van der Waals surface area contributed by atoms with Gasteiger partial charge in [0.1, 0.15) is 23.7 Å². The Kier molecular flexibility index (Phi) is 18.8. The van der Waals surface area contributed by atoms with E-state index in [1.807, 2.05) is 39.0 Å². The standard InChI is InChI=1S/C48H73NO12/c1-28-13-9-8-10-14-29(2)39(51)25-36-18-16-34(7)48(59,61-36)45(56)46(57)49-20-12-11-15-37(49)47(58)60-44(33(6)23-35-17-19-38(50)43(55)24-35)27-42(54)32(5)22-31(4)41(53)26-40(52)30(3)21-28/h8-10,13-14,22,28,30,32-39,41,43-44,50-51,53,55,59H,11-12,15-21,23-27H2,1-7H3/b10-8+,13-9+,29-14+,31-22+/t28-,30-,32-,33-,34-,35+,36+,37?,38-,39+,41+,43-,44+,48-/m1/s1. The monoisotopic (exact) mass is 856 g/mol. The smallest absolute Gasteiger partial charge is 0.329 e. The topological polar surface area (TPSA) is 208 Å². The van der Waals surface area contributed by atoms with E-state index in [9.17, 15) is 49.5 Å². The van der Waals surface area contributed by atoms with Gasteiger partial charge in [-0.05, 0) is 107 Å². The molecule has 2 bridgehead atoms. The lowest BCUT2D eigenvalue weighted by Gasteiger charge is -2.42. The maximum Gasteiger partial charge on any atom is 0.329 e. The second-order valence-electron chi connectivity index (χ2n) is 18.9. The molecule has 1 saturated carbocycles. The Bertz CT molecular complexity index is 1670. The maximum atomic E-state index is 14.2. The molecule has 4 rings (SSSR count). The van der Waals surface area contributed by atoms with Crippen LogP contribution in [0.25, 0.3) is 0 Å². The van der Waals surface area contributed by atoms with Crippen molar-refractivity contribution in [1.29, 1.82) is 0 Å². The number of ether oxygens (including phenoxy) is 2. The van der Waals surface area contributed by atoms with Crippen molar-refractivity contribution in [2.24, 2.45) is 35.5 Å². The predicted octanol–water partition coefficient (Wildman–Crippen LogP) is 5.25. The van der Waals surface area contributed by atoms with Crippen LogP contribution in [-0.4, -0.2) is 115 Å². The van der Waals surface area contributed by atoms with Crippen molar-refractivity contribution in [2.45, 2.75) is 180 Å². The van der Waals surface area contributed by atoms with Crippen molar-refractivity contribution in [3.63, 3.8) is 0 Å². The number of fused-ring (bicyclic) bond motifs is 3. The Hall–Kier alpha value is -3.33. The summed E-state index contributed by atoms with van der Waals surface area (Å²) in [6.45, 7) is 12.5. The Morgan fingerprint density at radius 2 is 1.51 bits per heavy atom. The summed E-state index contributed by atoms with van der Waals surface area (Å²) in [6, 6.07) is -1.16. The number of hydrogen-bond donors (Lipinski definition) is 5. The lowest BCUT2D eigenvalue weighted by atomic mass is 9.78. The highest BCUT2D eigenvalue weighted by Gasteiger charge is 2.53. The van der Waals surface area contributed by atoms with Gasteiger partial charge in [-0.25, -0.2) is 4.79 Å². The number of aliphatic hydroxyl groups is 5. The molecular formula is C48H73NO12. The van der Waals surface area contributed by atoms with E-state index in [0.717, 1.165) is 4.90 Å². The van der Waals surface area contributed by atoms with E-state index in [2.05, 4.69) is 0 Å². The summed E-state index contributed by atoms with van der Waals surface area (Å²) in [4.78, 5) is 70.5. The van der Waals surface area contributed by atoms with Crippen molar-refractivity contribution in [1.82, 2.24) is 4.90 Å². The minimum atomic E-state index is -2.48. The van der Waals surface area contributed by atoms with Crippen LogP contribution in [-0.2, 0) is 33.4 Å². The zero-order valence-corrected chi connectivity index (χ0v) is 37.4. The van der Waals surface area contributed by atoms with Crippen LogP contribution in [0.5, 0.6) is 0 Å². The van der Waals surface area contributed by atoms with Gasteiger partial charge in [-0.2, -0.15) is 0 Å². The van der Waals surface area contributed by atoms with Crippen LogP contribution in [0, 0.1) is 35.5 Å². The fourth-order valence-electron chi connectivity index (χ4n) is 9.28. The molecule has 1 aliphatic carbocycles. The second kappa shape index (κ2) is 22.9. The first kappa shape index (κ1) is 50.3. The summed E-state index contributed by atoms with van der Waals surface area (Å²) in [5, 5.41) is 54.4. The van der Waals surface area contributed by atoms with Gasteiger partial charge in [-0.1, -0.05) is 71.1 Å². The number of Topliss-reactive ketones (excluding diaryl/α,β-unsaturated/α-hetero) is 3. The molecule has 1 unspecified atom stereocenters. The first-order valence-electron chi connectivity index (χ1n) is 22.6. The van der Waals surface area contributed by atoms with Crippen molar-refractivity contribution >= 4 is 29.2 Å². The van der Waals surface area contributed by atoms with Gasteiger partial charge in [0.15, 0.2) is 0 Å². The van der Waals surface area contributed by atoms with Crippen molar-refractivity contribution in [3.05, 3.63) is 47.6 Å². The van der Waals surface area contributed by atoms with E-state index < -0.39 is 77.9 Å². The summed E-state index contributed by atoms with van der Waals surface area (Å²) in [7, 11) is 0. The molecule has 4 aliphatic rings. The summed E-state index contributed by atoms with van der Waals surface area (Å²) < 4.78 is 12.2. The number of aliphatic hydroxyl groups excluding tert-OH is 4. The van der Waals surface area contributed by atoms with Crippen LogP contribution >= 0.6 is 0 Å². The van der Waals surface area contributed by atoms with Crippen LogP contribution in [0.4, 0.5) is 0 Å². The van der Waals surface area contributed by atoms with Crippen LogP contribution in [0.3, 0.4) is 0 Å². The van der Waals surface area contributed by atoms with Crippen molar-refractivity contribution < 1.29 is 59.0 Å². The molecule has 3 aliphatic heterocycles. The summed E-state index contributed by atoms with van der Waals surface area (Å²) >= 11 is 0. The third-order valence-corrected chi connectivity index (χ3v) is 13.6. The van der Waals surface area contributed by atoms with Gasteiger partial charge in [0, 0.05) is 43.6 Å². The average molecular weight is 856 g/mol. The van der Waals surface area contributed by atoms with Crippen LogP contribution in [0.1, 0.15) is 132 Å². The van der Waals surface area contributed by atoms with E-state index in [1.165, 1.54) is 0 Å². The minimum Gasteiger partial charge on any atom is -0.460 e. The number of carbonyl (C=O) groups is 5. The second-order valence-corrected chi connectivity index (χ2v) is 18.9. The lowest BCUT2D eigenvalue weighted by molar-refractivity contribution is -0.265. The lowest BCUT2D eigenvalue weighted by Crippen LogP contribution is -2.61. The molecule has 0 aromatic carbocycles. The number of rotatable bonds is 3. The number of amides is 1.